The van der Waals surface area contributed by atoms with Crippen molar-refractivity contribution in [3.05, 3.63) is 82.3 Å². The zero-order chi connectivity index (χ0) is 18.5. The van der Waals surface area contributed by atoms with Gasteiger partial charge in [-0.3, -0.25) is 4.79 Å². The quantitative estimate of drug-likeness (QED) is 0.576. The molecule has 0 saturated heterocycles. The molecule has 5 nitrogen and oxygen atoms in total. The van der Waals surface area contributed by atoms with E-state index in [9.17, 15) is 4.79 Å². The Morgan fingerprint density at radius 2 is 1.81 bits per heavy atom. The van der Waals surface area contributed by atoms with E-state index in [1.54, 1.807) is 55.6 Å². The molecular weight excluding hydrogens is 373 g/mol. The Hall–Kier alpha value is -2.76. The number of hydrogen-bond acceptors (Lipinski definition) is 4. The van der Waals surface area contributed by atoms with Gasteiger partial charge in [-0.05, 0) is 49.4 Å². The highest BCUT2D eigenvalue weighted by atomic mass is 35.5. The first-order chi connectivity index (χ1) is 12.5. The largest absolute Gasteiger partial charge is 0.361 e. The molecule has 0 bridgehead atoms. The van der Waals surface area contributed by atoms with Crippen LogP contribution in [-0.4, -0.2) is 11.1 Å². The molecule has 2 aromatic carbocycles. The third-order valence-corrected chi connectivity index (χ3v) is 3.94. The van der Waals surface area contributed by atoms with Crippen molar-refractivity contribution >= 4 is 46.1 Å². The summed E-state index contributed by atoms with van der Waals surface area (Å²) < 4.78 is 5.25. The number of halogens is 2. The van der Waals surface area contributed by atoms with E-state index in [2.05, 4.69) is 15.8 Å². The van der Waals surface area contributed by atoms with E-state index in [1.807, 2.05) is 12.1 Å². The van der Waals surface area contributed by atoms with Gasteiger partial charge < -0.3 is 15.2 Å². The molecule has 0 aliphatic rings. The number of carbonyl (C=O) groups excluding carboxylic acids is 1. The van der Waals surface area contributed by atoms with Crippen LogP contribution in [0, 0.1) is 6.92 Å². The summed E-state index contributed by atoms with van der Waals surface area (Å²) in [7, 11) is 0. The number of nitrogens with one attached hydrogen (secondary N) is 2. The molecule has 0 radical (unpaired) electrons. The zero-order valence-electron chi connectivity index (χ0n) is 13.8. The minimum absolute atomic E-state index is 0.292. The highest BCUT2D eigenvalue weighted by molar-refractivity contribution is 6.31. The van der Waals surface area contributed by atoms with Crippen LogP contribution in [0.4, 0.5) is 11.4 Å². The molecule has 0 saturated carbocycles. The number of aryl methyl sites for hydroxylation is 1. The van der Waals surface area contributed by atoms with Crippen molar-refractivity contribution in [2.45, 2.75) is 6.92 Å². The lowest BCUT2D eigenvalue weighted by atomic mass is 10.2. The van der Waals surface area contributed by atoms with Gasteiger partial charge in [0.15, 0.2) is 5.76 Å². The van der Waals surface area contributed by atoms with Crippen molar-refractivity contribution in [2.24, 2.45) is 0 Å². The van der Waals surface area contributed by atoms with E-state index in [0.717, 1.165) is 5.69 Å². The van der Waals surface area contributed by atoms with Crippen LogP contribution >= 0.6 is 23.2 Å². The van der Waals surface area contributed by atoms with Crippen molar-refractivity contribution < 1.29 is 9.32 Å². The third-order valence-electron chi connectivity index (χ3n) is 3.45. The van der Waals surface area contributed by atoms with Crippen LogP contribution in [0.2, 0.25) is 10.0 Å². The second-order valence-electron chi connectivity index (χ2n) is 5.51. The molecule has 7 heteroatoms. The number of benzene rings is 2. The highest BCUT2D eigenvalue weighted by Gasteiger charge is 2.17. The summed E-state index contributed by atoms with van der Waals surface area (Å²) in [5.41, 5.74) is 2.32. The van der Waals surface area contributed by atoms with Crippen LogP contribution in [0.5, 0.6) is 0 Å². The Balaban J connectivity index is 1.86. The van der Waals surface area contributed by atoms with E-state index < -0.39 is 0 Å². The molecule has 132 valence electrons. The molecule has 3 aromatic rings. The maximum absolute atomic E-state index is 12.7. The standard InChI is InChI=1S/C19H15Cl2N3O2/c1-12-9-18(26-24-12)17(11-22-16-4-2-3-14(21)10-16)19(25)23-15-7-5-13(20)6-8-15/h2-11,22H,1H3,(H,23,25). The molecule has 1 heterocycles. The van der Waals surface area contributed by atoms with Crippen LogP contribution in [0.15, 0.2) is 65.3 Å². The molecule has 2 N–H and O–H groups in total. The van der Waals surface area contributed by atoms with Gasteiger partial charge >= 0.3 is 0 Å². The van der Waals surface area contributed by atoms with E-state index >= 15 is 0 Å². The van der Waals surface area contributed by atoms with Gasteiger partial charge in [0.25, 0.3) is 5.91 Å². The van der Waals surface area contributed by atoms with Gasteiger partial charge in [-0.1, -0.05) is 34.4 Å². The summed E-state index contributed by atoms with van der Waals surface area (Å²) in [6.07, 6.45) is 1.55. The Kier molecular flexibility index (Phi) is 5.61. The average molecular weight is 388 g/mol. The highest BCUT2D eigenvalue weighted by Crippen LogP contribution is 2.21. The number of rotatable bonds is 5. The normalized spacial score (nSPS) is 11.3. The number of anilines is 2. The number of amides is 1. The lowest BCUT2D eigenvalue weighted by Gasteiger charge is -2.08. The van der Waals surface area contributed by atoms with Gasteiger partial charge in [0.05, 0.1) is 5.69 Å². The first-order valence-electron chi connectivity index (χ1n) is 7.74. The fraction of sp³-hybridized carbons (Fsp3) is 0.0526. The Morgan fingerprint density at radius 1 is 1.04 bits per heavy atom. The van der Waals surface area contributed by atoms with E-state index in [0.29, 0.717) is 32.8 Å². The maximum atomic E-state index is 12.7. The summed E-state index contributed by atoms with van der Waals surface area (Å²) in [4.78, 5) is 12.7. The third kappa shape index (κ3) is 4.65. The molecule has 0 fully saturated rings. The van der Waals surface area contributed by atoms with Gasteiger partial charge in [0.2, 0.25) is 0 Å². The fourth-order valence-electron chi connectivity index (χ4n) is 2.20. The SMILES string of the molecule is Cc1cc(C(=CNc2cccc(Cl)c2)C(=O)Nc2ccc(Cl)cc2)on1. The smallest absolute Gasteiger partial charge is 0.261 e. The van der Waals surface area contributed by atoms with Crippen molar-refractivity contribution in [3.63, 3.8) is 0 Å². The summed E-state index contributed by atoms with van der Waals surface area (Å²) in [6, 6.07) is 15.7. The van der Waals surface area contributed by atoms with Crippen LogP contribution in [0.25, 0.3) is 5.57 Å². The van der Waals surface area contributed by atoms with Crippen LogP contribution in [0.1, 0.15) is 11.5 Å². The molecule has 0 atom stereocenters. The second kappa shape index (κ2) is 8.08. The van der Waals surface area contributed by atoms with Crippen LogP contribution in [0.3, 0.4) is 0 Å². The average Bonchev–Trinajstić information content (AvgIpc) is 3.03. The zero-order valence-corrected chi connectivity index (χ0v) is 15.3. The predicted molar refractivity (Wildman–Crippen MR) is 104 cm³/mol. The van der Waals surface area contributed by atoms with Gasteiger partial charge in [0.1, 0.15) is 5.57 Å². The molecule has 0 spiro atoms. The lowest BCUT2D eigenvalue weighted by molar-refractivity contribution is -0.111. The molecule has 3 rings (SSSR count). The minimum Gasteiger partial charge on any atom is -0.361 e. The number of hydrogen-bond donors (Lipinski definition) is 2. The van der Waals surface area contributed by atoms with Gasteiger partial charge in [-0.15, -0.1) is 0 Å². The van der Waals surface area contributed by atoms with Gasteiger partial charge in [-0.25, -0.2) is 0 Å². The van der Waals surface area contributed by atoms with Crippen LogP contribution in [-0.2, 0) is 4.79 Å². The number of nitrogens with zero attached hydrogens (tertiary/aromatic N) is 1. The first-order valence-corrected chi connectivity index (χ1v) is 8.50. The maximum Gasteiger partial charge on any atom is 0.261 e. The monoisotopic (exact) mass is 387 g/mol. The molecule has 1 aromatic heterocycles. The summed E-state index contributed by atoms with van der Waals surface area (Å²) >= 11 is 11.9. The number of carbonyl (C=O) groups is 1. The van der Waals surface area contributed by atoms with Gasteiger partial charge in [0, 0.05) is 33.7 Å². The molecule has 1 amide bonds. The topological polar surface area (TPSA) is 67.2 Å². The number of aromatic nitrogens is 1. The van der Waals surface area contributed by atoms with Crippen molar-refractivity contribution in [2.75, 3.05) is 10.6 Å². The first kappa shape index (κ1) is 18.0. The van der Waals surface area contributed by atoms with Crippen LogP contribution < -0.4 is 10.6 Å². The Labute approximate surface area is 160 Å². The predicted octanol–water partition coefficient (Wildman–Crippen LogP) is 5.38. The Bertz CT molecular complexity index is 949. The van der Waals surface area contributed by atoms with E-state index in [-0.39, 0.29) is 5.91 Å². The fourth-order valence-corrected chi connectivity index (χ4v) is 2.52. The second-order valence-corrected chi connectivity index (χ2v) is 6.38. The summed E-state index contributed by atoms with van der Waals surface area (Å²) in [6.45, 7) is 1.78. The van der Waals surface area contributed by atoms with Crippen molar-refractivity contribution in [3.8, 4) is 0 Å². The minimum atomic E-state index is -0.349. The lowest BCUT2D eigenvalue weighted by Crippen LogP contribution is -2.14. The molecule has 26 heavy (non-hydrogen) atoms. The summed E-state index contributed by atoms with van der Waals surface area (Å²) in [5.74, 6) is 0.00138. The van der Waals surface area contributed by atoms with E-state index in [4.69, 9.17) is 27.7 Å². The molecule has 0 aliphatic carbocycles. The van der Waals surface area contributed by atoms with Gasteiger partial charge in [-0.2, -0.15) is 0 Å². The Morgan fingerprint density at radius 3 is 2.46 bits per heavy atom. The van der Waals surface area contributed by atoms with Crippen molar-refractivity contribution in [1.82, 2.24) is 5.16 Å². The molecule has 0 aliphatic heterocycles. The summed E-state index contributed by atoms with van der Waals surface area (Å²) in [5, 5.41) is 10.9. The molecule has 0 unspecified atom stereocenters. The van der Waals surface area contributed by atoms with E-state index in [1.165, 1.54) is 0 Å². The molecular formula is C19H15Cl2N3O2. The van der Waals surface area contributed by atoms with Crippen molar-refractivity contribution in [1.29, 1.82) is 0 Å².